The number of fused-ring (bicyclic) bond motifs is 10. The van der Waals surface area contributed by atoms with Crippen molar-refractivity contribution in [3.8, 4) is 0 Å². The summed E-state index contributed by atoms with van der Waals surface area (Å²) in [6.07, 6.45) is 14.8. The lowest BCUT2D eigenvalue weighted by Crippen LogP contribution is -2.70. The smallest absolute Gasteiger partial charge is 0.261 e. The Balaban J connectivity index is 0.686. The van der Waals surface area contributed by atoms with Crippen molar-refractivity contribution in [2.75, 3.05) is 13.2 Å². The van der Waals surface area contributed by atoms with E-state index in [2.05, 4.69) is 182 Å². The van der Waals surface area contributed by atoms with Gasteiger partial charge in [-0.15, -0.1) is 0 Å². The van der Waals surface area contributed by atoms with Crippen LogP contribution in [0.4, 0.5) is 0 Å². The van der Waals surface area contributed by atoms with Crippen LogP contribution < -0.4 is 10.4 Å². The van der Waals surface area contributed by atoms with Crippen LogP contribution in [0.1, 0.15) is 173 Å². The van der Waals surface area contributed by atoms with Crippen LogP contribution in [0.25, 0.3) is 0 Å². The summed E-state index contributed by atoms with van der Waals surface area (Å²) in [6.45, 7) is 35.9. The van der Waals surface area contributed by atoms with E-state index in [1.54, 1.807) is 0 Å². The Kier molecular flexibility index (Phi) is 16.6. The number of benzene rings is 2. The van der Waals surface area contributed by atoms with Crippen molar-refractivity contribution >= 4 is 27.0 Å². The third kappa shape index (κ3) is 11.2. The van der Waals surface area contributed by atoms with Gasteiger partial charge in [0, 0.05) is 51.6 Å². The topological polar surface area (TPSA) is 120 Å². The molecule has 9 fully saturated rings. The van der Waals surface area contributed by atoms with Crippen LogP contribution in [-0.2, 0) is 61.0 Å². The predicted molar refractivity (Wildman–Crippen MR) is 337 cm³/mol. The Morgan fingerprint density at radius 2 is 1.28 bits per heavy atom. The minimum Gasteiger partial charge on any atom is -0.411 e. The molecule has 11 heterocycles. The number of hydrogen-bond donors (Lipinski definition) is 0. The Bertz CT molecular complexity index is 2750. The summed E-state index contributed by atoms with van der Waals surface area (Å²) < 4.78 is 94.3. The highest BCUT2D eigenvalue weighted by Crippen LogP contribution is 2.56. The van der Waals surface area contributed by atoms with Gasteiger partial charge in [-0.05, 0) is 125 Å². The zero-order chi connectivity index (χ0) is 60.6. The molecule has 0 aliphatic carbocycles. The van der Waals surface area contributed by atoms with E-state index in [9.17, 15) is 0 Å². The van der Waals surface area contributed by atoms with E-state index >= 15 is 0 Å². The van der Waals surface area contributed by atoms with Crippen molar-refractivity contribution in [1.29, 1.82) is 0 Å². The minimum atomic E-state index is -2.68. The van der Waals surface area contributed by atoms with Crippen LogP contribution in [0.2, 0.25) is 23.2 Å². The van der Waals surface area contributed by atoms with Crippen LogP contribution in [-0.4, -0.2) is 162 Å². The molecule has 13 rings (SSSR count). The third-order valence-electron chi connectivity index (χ3n) is 23.8. The first-order chi connectivity index (χ1) is 40.6. The second-order valence-corrected chi connectivity index (χ2v) is 41.2. The van der Waals surface area contributed by atoms with Crippen LogP contribution >= 0.6 is 0 Å². The van der Waals surface area contributed by atoms with Crippen LogP contribution in [0, 0.1) is 5.92 Å². The molecular weight excluding hydrogens is 1120 g/mol. The zero-order valence-corrected chi connectivity index (χ0v) is 56.8. The third-order valence-corrected chi connectivity index (χ3v) is 33.4. The van der Waals surface area contributed by atoms with E-state index in [0.717, 1.165) is 64.2 Å². The molecule has 0 radical (unpaired) electrons. The van der Waals surface area contributed by atoms with E-state index in [1.807, 2.05) is 0 Å². The molecule has 0 amide bonds. The first kappa shape index (κ1) is 62.6. The number of ether oxygens (including phenoxy) is 11. The van der Waals surface area contributed by atoms with Gasteiger partial charge in [0.25, 0.3) is 8.32 Å². The van der Waals surface area contributed by atoms with Gasteiger partial charge in [0.1, 0.15) is 17.8 Å². The minimum absolute atomic E-state index is 0.0117. The van der Waals surface area contributed by atoms with Gasteiger partial charge in [-0.3, -0.25) is 0 Å². The first-order valence-electron chi connectivity index (χ1n) is 33.7. The van der Waals surface area contributed by atoms with Crippen LogP contribution in [0.3, 0.4) is 0 Å². The summed E-state index contributed by atoms with van der Waals surface area (Å²) in [4.78, 5) is 0. The fourth-order valence-electron chi connectivity index (χ4n) is 17.7. The average molecular weight is 1220 g/mol. The largest absolute Gasteiger partial charge is 0.411 e. The Labute approximate surface area is 517 Å². The average Bonchev–Trinajstić information content (AvgIpc) is 1.12. The molecule has 0 aromatic heterocycles. The highest BCUT2D eigenvalue weighted by atomic mass is 28.4. The first-order valence-corrected chi connectivity index (χ1v) is 38.5. The van der Waals surface area contributed by atoms with E-state index in [1.165, 1.54) is 15.9 Å². The molecule has 0 spiro atoms. The number of rotatable bonds is 9. The van der Waals surface area contributed by atoms with Gasteiger partial charge in [0.2, 0.25) is 0 Å². The Morgan fingerprint density at radius 3 is 1.99 bits per heavy atom. The summed E-state index contributed by atoms with van der Waals surface area (Å²) >= 11 is 0. The van der Waals surface area contributed by atoms with Gasteiger partial charge >= 0.3 is 0 Å². The summed E-state index contributed by atoms with van der Waals surface area (Å²) in [6, 6.07) is 21.9. The van der Waals surface area contributed by atoms with Gasteiger partial charge in [0.05, 0.1) is 121 Å². The van der Waals surface area contributed by atoms with Gasteiger partial charge in [-0.25, -0.2) is 0 Å². The van der Waals surface area contributed by atoms with Crippen molar-refractivity contribution in [3.05, 3.63) is 84.5 Å². The molecule has 11 aliphatic heterocycles. The normalized spacial score (nSPS) is 46.3. The molecule has 13 nitrogen and oxygen atoms in total. The van der Waals surface area contributed by atoms with Crippen molar-refractivity contribution < 1.29 is 61.0 Å². The maximum atomic E-state index is 7.56. The molecule has 476 valence electrons. The maximum absolute atomic E-state index is 7.56. The molecule has 2 aromatic carbocycles. The van der Waals surface area contributed by atoms with E-state index in [4.69, 9.17) is 61.0 Å². The highest BCUT2D eigenvalue weighted by Gasteiger charge is 2.65. The number of hydrogen-bond acceptors (Lipinski definition) is 13. The van der Waals surface area contributed by atoms with Gasteiger partial charge in [-0.1, -0.05) is 127 Å². The molecule has 0 saturated carbocycles. The summed E-state index contributed by atoms with van der Waals surface area (Å²) in [5, 5.41) is 2.53. The second kappa shape index (κ2) is 22.8. The predicted octanol–water partition coefficient (Wildman–Crippen LogP) is 12.2. The molecule has 86 heavy (non-hydrogen) atoms. The molecule has 9 saturated heterocycles. The lowest BCUT2D eigenvalue weighted by Gasteiger charge is -2.61. The molecule has 0 unspecified atom stereocenters. The van der Waals surface area contributed by atoms with Crippen molar-refractivity contribution in [2.24, 2.45) is 5.92 Å². The molecule has 2 aromatic rings. The molecule has 0 bridgehead atoms. The molecular formula is C71H106O13Si2. The van der Waals surface area contributed by atoms with Gasteiger partial charge in [-0.2, -0.15) is 0 Å². The Hall–Kier alpha value is -2.17. The highest BCUT2D eigenvalue weighted by molar-refractivity contribution is 6.99. The lowest BCUT2D eigenvalue weighted by molar-refractivity contribution is -0.356. The van der Waals surface area contributed by atoms with Gasteiger partial charge < -0.3 is 61.0 Å². The quantitative estimate of drug-likeness (QED) is 0.135. The van der Waals surface area contributed by atoms with Crippen LogP contribution in [0.15, 0.2) is 84.5 Å². The van der Waals surface area contributed by atoms with E-state index in [0.29, 0.717) is 32.5 Å². The lowest BCUT2D eigenvalue weighted by atomic mass is 9.72. The molecule has 15 heteroatoms. The monoisotopic (exact) mass is 1220 g/mol. The van der Waals surface area contributed by atoms with E-state index < -0.39 is 44.6 Å². The van der Waals surface area contributed by atoms with Crippen LogP contribution in [0.5, 0.6) is 0 Å². The molecule has 0 N–H and O–H groups in total. The van der Waals surface area contributed by atoms with Gasteiger partial charge in [0.15, 0.2) is 8.32 Å². The molecule has 23 atom stereocenters. The van der Waals surface area contributed by atoms with Crippen molar-refractivity contribution in [2.45, 2.75) is 328 Å². The van der Waals surface area contributed by atoms with E-state index in [-0.39, 0.29) is 120 Å². The van der Waals surface area contributed by atoms with Crippen molar-refractivity contribution in [1.82, 2.24) is 0 Å². The van der Waals surface area contributed by atoms with Crippen molar-refractivity contribution in [3.63, 3.8) is 0 Å². The molecule has 11 aliphatic rings. The summed E-state index contributed by atoms with van der Waals surface area (Å²) in [5.74, 6) is 0.227. The Morgan fingerprint density at radius 1 is 0.593 bits per heavy atom. The zero-order valence-electron chi connectivity index (χ0n) is 54.8. The SMILES string of the molecule is CC1=CCO[C@H]2C[C@H]3O[C@H]4C[C@@H](C)[C@H]5O[C@H]6C[C@H]7O[C@@]8(C)C/C=C\[C@H]9O[C@H]%10C[C@H]%11O[C@H](CCCO[Si](c%12ccccc%12)(c%12ccccc%12)C(C)(C)C)C[C@H](O[Si](C)(C)C(C)(C)C)[C@]%11(C)O[C@@H]%10C[C@@H]9O[C@@H]8C[C@]7(C)O[C@]6(C)CC[C@@H]5O[C@@H]4C[C@]3(C)O[C@H]12. The maximum Gasteiger partial charge on any atom is 0.261 e. The summed E-state index contributed by atoms with van der Waals surface area (Å²) in [7, 11) is -4.95. The second-order valence-electron chi connectivity index (χ2n) is 32.2. The fourth-order valence-corrected chi connectivity index (χ4v) is 23.7. The fraction of sp³-hybridized carbons (Fsp3) is 0.775. The summed E-state index contributed by atoms with van der Waals surface area (Å²) in [5.41, 5.74) is -1.62. The standard InChI is InChI=1S/C71H106O13Si2/c1-44-31-35-72-55-40-57-69(11,82-64(44)55)42-56-51(77-57)36-45(2)63-50(76-56)30-33-68(10)58(79-63)41-59-70(12,84-68)43-62-67(9,81-59)32-22-29-49-52(78-62)38-54-53(75-49)39-60-71(13,80-54)61(83-85(14,15)65(3,4)5)37-46(74-60)24-23-34-73-86(66(6,7)8,47-25-18-16-19-26-47)48-27-20-17-21-28-48/h16-22,25-29,31,45-46,49-64H,23-24,30,32-43H2,1-15H3/b29-22-/t45-,46-,49-,50+,51+,52+,53+,54-,55+,56-,57-,58+,59-,60-,61+,62-,63-,64-,67+,68-,69+,70+,71-/m1/s1.